The van der Waals surface area contributed by atoms with Crippen LogP contribution in [0.15, 0.2) is 48.5 Å². The summed E-state index contributed by atoms with van der Waals surface area (Å²) in [6.07, 6.45) is 19.2. The second-order valence-electron chi connectivity index (χ2n) is 9.94. The Bertz CT molecular complexity index is 790. The Hall–Kier alpha value is -2.07. The van der Waals surface area contributed by atoms with Crippen LogP contribution in [0.3, 0.4) is 0 Å². The summed E-state index contributed by atoms with van der Waals surface area (Å²) in [5, 5.41) is 9.60. The van der Waals surface area contributed by atoms with Crippen LogP contribution < -0.4 is 0 Å². The van der Waals surface area contributed by atoms with E-state index in [-0.39, 0.29) is 5.92 Å². The minimum Gasteiger partial charge on any atom is -0.198 e. The van der Waals surface area contributed by atoms with Gasteiger partial charge in [-0.1, -0.05) is 107 Å². The quantitative estimate of drug-likeness (QED) is 0.291. The molecule has 1 heteroatoms. The highest BCUT2D eigenvalue weighted by Gasteiger charge is 2.22. The van der Waals surface area contributed by atoms with Gasteiger partial charge in [-0.25, -0.2) is 0 Å². The molecule has 32 heavy (non-hydrogen) atoms. The number of nitrogens with zero attached hydrogens (tertiary/aromatic N) is 1. The second-order valence-corrected chi connectivity index (χ2v) is 9.94. The highest BCUT2D eigenvalue weighted by Crippen LogP contribution is 2.32. The molecular formula is C31H43N. The van der Waals surface area contributed by atoms with Gasteiger partial charge >= 0.3 is 0 Å². The average molecular weight is 430 g/mol. The second kappa shape index (κ2) is 14.2. The first kappa shape index (κ1) is 24.6. The standard InChI is InChI=1S/C31H43N/c1-2-3-4-5-6-8-12-26-17-21-29(22-18-26)30-23-19-27(20-24-30)13-11-16-31(25-32)28-14-9-7-10-15-28/h17-24,28,31H,2-16H2,1H3. The van der Waals surface area contributed by atoms with Crippen molar-refractivity contribution in [2.45, 2.75) is 103 Å². The third-order valence-electron chi connectivity index (χ3n) is 7.43. The van der Waals surface area contributed by atoms with Crippen LogP contribution >= 0.6 is 0 Å². The lowest BCUT2D eigenvalue weighted by Crippen LogP contribution is -2.16. The summed E-state index contributed by atoms with van der Waals surface area (Å²) in [6.45, 7) is 2.28. The van der Waals surface area contributed by atoms with Crippen molar-refractivity contribution in [2.24, 2.45) is 11.8 Å². The molecule has 0 N–H and O–H groups in total. The Morgan fingerprint density at radius 2 is 1.25 bits per heavy atom. The predicted molar refractivity (Wildman–Crippen MR) is 138 cm³/mol. The molecule has 0 heterocycles. The minimum absolute atomic E-state index is 0.268. The van der Waals surface area contributed by atoms with Crippen molar-refractivity contribution < 1.29 is 0 Å². The number of rotatable bonds is 13. The van der Waals surface area contributed by atoms with Gasteiger partial charge in [-0.2, -0.15) is 5.26 Å². The van der Waals surface area contributed by atoms with Crippen molar-refractivity contribution in [2.75, 3.05) is 0 Å². The Morgan fingerprint density at radius 1 is 0.719 bits per heavy atom. The molecule has 3 rings (SSSR count). The van der Waals surface area contributed by atoms with E-state index in [0.717, 1.165) is 19.3 Å². The number of nitriles is 1. The molecule has 2 aromatic rings. The Labute approximate surface area is 197 Å². The molecule has 1 saturated carbocycles. The molecule has 1 fully saturated rings. The van der Waals surface area contributed by atoms with Gasteiger partial charge in [0, 0.05) is 5.92 Å². The monoisotopic (exact) mass is 429 g/mol. The van der Waals surface area contributed by atoms with E-state index in [4.69, 9.17) is 0 Å². The lowest BCUT2D eigenvalue weighted by atomic mass is 9.78. The van der Waals surface area contributed by atoms with Crippen LogP contribution in [0, 0.1) is 23.2 Å². The zero-order valence-corrected chi connectivity index (χ0v) is 20.3. The lowest BCUT2D eigenvalue weighted by Gasteiger charge is -2.25. The first-order valence-electron chi connectivity index (χ1n) is 13.4. The molecule has 0 aromatic heterocycles. The van der Waals surface area contributed by atoms with E-state index in [9.17, 15) is 5.26 Å². The zero-order chi connectivity index (χ0) is 22.4. The van der Waals surface area contributed by atoms with Crippen LogP contribution in [0.1, 0.15) is 102 Å². The van der Waals surface area contributed by atoms with E-state index in [1.807, 2.05) is 0 Å². The van der Waals surface area contributed by atoms with Gasteiger partial charge in [0.1, 0.15) is 0 Å². The van der Waals surface area contributed by atoms with Crippen molar-refractivity contribution >= 4 is 0 Å². The van der Waals surface area contributed by atoms with Crippen molar-refractivity contribution in [1.82, 2.24) is 0 Å². The molecule has 1 unspecified atom stereocenters. The molecule has 1 aliphatic rings. The Kier molecular flexibility index (Phi) is 10.9. The molecule has 0 spiro atoms. The zero-order valence-electron chi connectivity index (χ0n) is 20.3. The molecule has 1 nitrogen and oxygen atoms in total. The normalized spacial score (nSPS) is 15.4. The summed E-state index contributed by atoms with van der Waals surface area (Å²) in [4.78, 5) is 0. The van der Waals surface area contributed by atoms with E-state index >= 15 is 0 Å². The van der Waals surface area contributed by atoms with Crippen LogP contribution in [0.5, 0.6) is 0 Å². The van der Waals surface area contributed by atoms with Crippen LogP contribution in [0.4, 0.5) is 0 Å². The lowest BCUT2D eigenvalue weighted by molar-refractivity contribution is 0.277. The highest BCUT2D eigenvalue weighted by atomic mass is 14.3. The number of hydrogen-bond acceptors (Lipinski definition) is 1. The van der Waals surface area contributed by atoms with E-state index in [0.29, 0.717) is 5.92 Å². The summed E-state index contributed by atoms with van der Waals surface area (Å²) in [5.41, 5.74) is 5.47. The molecule has 1 aliphatic carbocycles. The van der Waals surface area contributed by atoms with Crippen molar-refractivity contribution in [3.8, 4) is 17.2 Å². The third-order valence-corrected chi connectivity index (χ3v) is 7.43. The minimum atomic E-state index is 0.268. The van der Waals surface area contributed by atoms with Crippen LogP contribution in [0.25, 0.3) is 11.1 Å². The predicted octanol–water partition coefficient (Wildman–Crippen LogP) is 9.30. The maximum absolute atomic E-state index is 9.60. The maximum atomic E-state index is 9.60. The van der Waals surface area contributed by atoms with Crippen LogP contribution in [0.2, 0.25) is 0 Å². The molecule has 172 valence electrons. The highest BCUT2D eigenvalue weighted by molar-refractivity contribution is 5.64. The topological polar surface area (TPSA) is 23.8 Å². The molecule has 0 bridgehead atoms. The molecular weight excluding hydrogens is 386 g/mol. The maximum Gasteiger partial charge on any atom is 0.0658 e. The van der Waals surface area contributed by atoms with Gasteiger partial charge in [-0.3, -0.25) is 0 Å². The van der Waals surface area contributed by atoms with Gasteiger partial charge in [0.05, 0.1) is 6.07 Å². The van der Waals surface area contributed by atoms with Gasteiger partial charge in [0.2, 0.25) is 0 Å². The van der Waals surface area contributed by atoms with E-state index in [2.05, 4.69) is 61.5 Å². The van der Waals surface area contributed by atoms with Gasteiger partial charge in [0.25, 0.3) is 0 Å². The first-order valence-corrected chi connectivity index (χ1v) is 13.4. The van der Waals surface area contributed by atoms with Crippen LogP contribution in [-0.2, 0) is 12.8 Å². The molecule has 0 amide bonds. The van der Waals surface area contributed by atoms with Gasteiger partial charge in [-0.15, -0.1) is 0 Å². The van der Waals surface area contributed by atoms with Gasteiger partial charge in [0.15, 0.2) is 0 Å². The van der Waals surface area contributed by atoms with Crippen molar-refractivity contribution in [3.63, 3.8) is 0 Å². The summed E-state index contributed by atoms with van der Waals surface area (Å²) in [5.74, 6) is 0.921. The average Bonchev–Trinajstić information content (AvgIpc) is 2.85. The SMILES string of the molecule is CCCCCCCCc1ccc(-c2ccc(CCCC(C#N)C3CCCCC3)cc2)cc1. The molecule has 0 radical (unpaired) electrons. The van der Waals surface area contributed by atoms with Crippen LogP contribution in [-0.4, -0.2) is 0 Å². The fourth-order valence-corrected chi connectivity index (χ4v) is 5.31. The Balaban J connectivity index is 1.41. The Morgan fingerprint density at radius 3 is 1.81 bits per heavy atom. The molecule has 2 aromatic carbocycles. The van der Waals surface area contributed by atoms with E-state index in [1.54, 1.807) is 0 Å². The molecule has 0 aliphatic heterocycles. The van der Waals surface area contributed by atoms with Crippen molar-refractivity contribution in [3.05, 3.63) is 59.7 Å². The third kappa shape index (κ3) is 8.12. The van der Waals surface area contributed by atoms with Crippen molar-refractivity contribution in [1.29, 1.82) is 5.26 Å². The fourth-order valence-electron chi connectivity index (χ4n) is 5.31. The van der Waals surface area contributed by atoms with E-state index < -0.39 is 0 Å². The molecule has 1 atom stereocenters. The number of aryl methyl sites for hydroxylation is 2. The van der Waals surface area contributed by atoms with Gasteiger partial charge < -0.3 is 0 Å². The first-order chi connectivity index (χ1) is 15.8. The summed E-state index contributed by atoms with van der Waals surface area (Å²) >= 11 is 0. The smallest absolute Gasteiger partial charge is 0.0658 e. The summed E-state index contributed by atoms with van der Waals surface area (Å²) < 4.78 is 0. The fraction of sp³-hybridized carbons (Fsp3) is 0.581. The molecule has 0 saturated heterocycles. The number of benzene rings is 2. The number of unbranched alkanes of at least 4 members (excludes halogenated alkanes) is 5. The summed E-state index contributed by atoms with van der Waals surface area (Å²) in [7, 11) is 0. The largest absolute Gasteiger partial charge is 0.198 e. The van der Waals surface area contributed by atoms with E-state index in [1.165, 1.54) is 99.3 Å². The van der Waals surface area contributed by atoms with Gasteiger partial charge in [-0.05, 0) is 73.1 Å². The summed E-state index contributed by atoms with van der Waals surface area (Å²) in [6, 6.07) is 20.9. The number of hydrogen-bond donors (Lipinski definition) is 0.